The largest absolute Gasteiger partial charge is 0.507 e. The van der Waals surface area contributed by atoms with E-state index in [1.54, 1.807) is 0 Å². The zero-order chi connectivity index (χ0) is 27.9. The van der Waals surface area contributed by atoms with E-state index in [2.05, 4.69) is 152 Å². The Balaban J connectivity index is 1.98. The van der Waals surface area contributed by atoms with Gasteiger partial charge in [-0.1, -0.05) is 129 Å². The summed E-state index contributed by atoms with van der Waals surface area (Å²) in [7, 11) is 0. The zero-order valence-electron chi connectivity index (χ0n) is 24.3. The Bertz CT molecular complexity index is 1430. The zero-order valence-corrected chi connectivity index (χ0v) is 24.3. The van der Waals surface area contributed by atoms with Gasteiger partial charge in [-0.05, 0) is 72.6 Å². The molecular weight excluding hydrogens is 472 g/mol. The third-order valence-corrected chi connectivity index (χ3v) is 8.95. The lowest BCUT2D eigenvalue weighted by molar-refractivity contribution is 0.450. The molecule has 0 spiro atoms. The van der Waals surface area contributed by atoms with Gasteiger partial charge in [0, 0.05) is 17.0 Å². The predicted molar refractivity (Wildman–Crippen MR) is 165 cm³/mol. The molecule has 0 aromatic heterocycles. The van der Waals surface area contributed by atoms with Gasteiger partial charge in [0.1, 0.15) is 5.75 Å². The quantitative estimate of drug-likeness (QED) is 0.264. The van der Waals surface area contributed by atoms with Crippen molar-refractivity contribution in [3.05, 3.63) is 159 Å². The van der Waals surface area contributed by atoms with Gasteiger partial charge in [0.2, 0.25) is 0 Å². The number of allylic oxidation sites excluding steroid dienone is 4. The van der Waals surface area contributed by atoms with Crippen LogP contribution in [0, 0.1) is 0 Å². The summed E-state index contributed by atoms with van der Waals surface area (Å²) in [4.78, 5) is 0. The minimum absolute atomic E-state index is 0.0612. The van der Waals surface area contributed by atoms with Gasteiger partial charge >= 0.3 is 0 Å². The van der Waals surface area contributed by atoms with Crippen molar-refractivity contribution >= 4 is 0 Å². The van der Waals surface area contributed by atoms with E-state index in [4.69, 9.17) is 0 Å². The van der Waals surface area contributed by atoms with Gasteiger partial charge < -0.3 is 5.11 Å². The highest BCUT2D eigenvalue weighted by atomic mass is 16.3. The Hall–Kier alpha value is -3.84. The topological polar surface area (TPSA) is 20.2 Å². The Kier molecular flexibility index (Phi) is 6.89. The fraction of sp³-hybridized carbons (Fsp3) is 0.263. The van der Waals surface area contributed by atoms with Crippen LogP contribution < -0.4 is 0 Å². The summed E-state index contributed by atoms with van der Waals surface area (Å²) < 4.78 is 0. The monoisotopic (exact) mass is 512 g/mol. The molecule has 4 aromatic rings. The first-order valence-corrected chi connectivity index (χ1v) is 14.0. The molecule has 0 heterocycles. The molecular formula is C38H40O. The molecule has 0 fully saturated rings. The van der Waals surface area contributed by atoms with Gasteiger partial charge in [0.15, 0.2) is 0 Å². The predicted octanol–water partition coefficient (Wildman–Crippen LogP) is 9.84. The lowest BCUT2D eigenvalue weighted by atomic mass is 9.63. The summed E-state index contributed by atoms with van der Waals surface area (Å²) in [6.07, 6.45) is 0. The maximum atomic E-state index is 12.5. The lowest BCUT2D eigenvalue weighted by Crippen LogP contribution is -2.32. The van der Waals surface area contributed by atoms with E-state index in [-0.39, 0.29) is 11.3 Å². The van der Waals surface area contributed by atoms with Gasteiger partial charge in [-0.25, -0.2) is 0 Å². The van der Waals surface area contributed by atoms with Crippen LogP contribution in [0.25, 0.3) is 0 Å². The molecule has 0 saturated carbocycles. The molecule has 0 aliphatic heterocycles. The highest BCUT2D eigenvalue weighted by Gasteiger charge is 2.42. The van der Waals surface area contributed by atoms with E-state index in [0.29, 0.717) is 5.75 Å². The van der Waals surface area contributed by atoms with Gasteiger partial charge in [-0.2, -0.15) is 0 Å². The van der Waals surface area contributed by atoms with Crippen LogP contribution in [0.4, 0.5) is 0 Å². The molecule has 1 heteroatoms. The van der Waals surface area contributed by atoms with Crippen LogP contribution in [0.5, 0.6) is 5.75 Å². The minimum Gasteiger partial charge on any atom is -0.507 e. The Morgan fingerprint density at radius 2 is 0.923 bits per heavy atom. The molecule has 0 bridgehead atoms. The highest BCUT2D eigenvalue weighted by Crippen LogP contribution is 2.53. The van der Waals surface area contributed by atoms with Crippen molar-refractivity contribution in [2.24, 2.45) is 0 Å². The van der Waals surface area contributed by atoms with Crippen LogP contribution in [0.15, 0.2) is 125 Å². The van der Waals surface area contributed by atoms with Crippen LogP contribution in [-0.4, -0.2) is 5.11 Å². The Morgan fingerprint density at radius 3 is 1.28 bits per heavy atom. The number of hydrogen-bond donors (Lipinski definition) is 1. The normalized spacial score (nSPS) is 14.8. The third kappa shape index (κ3) is 4.35. The van der Waals surface area contributed by atoms with Crippen molar-refractivity contribution in [3.63, 3.8) is 0 Å². The van der Waals surface area contributed by atoms with Crippen molar-refractivity contribution < 1.29 is 5.11 Å². The summed E-state index contributed by atoms with van der Waals surface area (Å²) in [6, 6.07) is 36.5. The van der Waals surface area contributed by atoms with Crippen LogP contribution in [-0.2, 0) is 10.8 Å². The van der Waals surface area contributed by atoms with E-state index in [1.165, 1.54) is 27.9 Å². The first-order valence-electron chi connectivity index (χ1n) is 14.0. The van der Waals surface area contributed by atoms with Crippen LogP contribution >= 0.6 is 0 Å². The molecule has 0 saturated heterocycles. The summed E-state index contributed by atoms with van der Waals surface area (Å²) in [5.74, 6) is 0.442. The molecule has 1 nitrogen and oxygen atoms in total. The van der Waals surface area contributed by atoms with E-state index in [9.17, 15) is 5.11 Å². The number of phenols is 1. The summed E-state index contributed by atoms with van der Waals surface area (Å²) >= 11 is 0. The average Bonchev–Trinajstić information content (AvgIpc) is 3.13. The average molecular weight is 513 g/mol. The SMILES string of the molecule is CC1=C(C)C(c2cc(C(C)(C)C)cc(C(c3ccccc3)(c3ccccc3)c3ccccc3)c2O)C(C)=C1C. The molecule has 4 aromatic carbocycles. The van der Waals surface area contributed by atoms with Crippen LogP contribution in [0.3, 0.4) is 0 Å². The second-order valence-corrected chi connectivity index (χ2v) is 12.1. The van der Waals surface area contributed by atoms with Gasteiger partial charge in [0.05, 0.1) is 5.41 Å². The van der Waals surface area contributed by atoms with Crippen molar-refractivity contribution in [2.75, 3.05) is 0 Å². The molecule has 1 aliphatic rings. The van der Waals surface area contributed by atoms with Gasteiger partial charge in [0.25, 0.3) is 0 Å². The number of hydrogen-bond acceptors (Lipinski definition) is 1. The first-order chi connectivity index (χ1) is 18.6. The summed E-state index contributed by atoms with van der Waals surface area (Å²) in [6.45, 7) is 15.7. The lowest BCUT2D eigenvalue weighted by Gasteiger charge is -2.39. The van der Waals surface area contributed by atoms with E-state index >= 15 is 0 Å². The first kappa shape index (κ1) is 26.8. The number of aromatic hydroxyl groups is 1. The van der Waals surface area contributed by atoms with Crippen LogP contribution in [0.1, 0.15) is 87.8 Å². The molecule has 0 amide bonds. The molecule has 1 N–H and O–H groups in total. The van der Waals surface area contributed by atoms with E-state index in [1.807, 2.05) is 0 Å². The number of rotatable bonds is 5. The fourth-order valence-electron chi connectivity index (χ4n) is 6.44. The standard InChI is InChI=1S/C38H40O/c1-25-26(2)28(4)35(27(25)3)33-23-32(37(5,6)7)24-34(36(33)39)38(29-17-11-8-12-18-29,30-19-13-9-14-20-30)31-21-15-10-16-22-31/h8-24,35,39H,1-7H3. The van der Waals surface area contributed by atoms with Crippen molar-refractivity contribution in [2.45, 2.75) is 65.2 Å². The van der Waals surface area contributed by atoms with Gasteiger partial charge in [-0.3, -0.25) is 0 Å². The van der Waals surface area contributed by atoms with E-state index in [0.717, 1.165) is 27.8 Å². The van der Waals surface area contributed by atoms with Gasteiger partial charge in [-0.15, -0.1) is 0 Å². The second-order valence-electron chi connectivity index (χ2n) is 12.1. The molecule has 5 rings (SSSR count). The molecule has 198 valence electrons. The van der Waals surface area contributed by atoms with Crippen LogP contribution in [0.2, 0.25) is 0 Å². The molecule has 1 aliphatic carbocycles. The smallest absolute Gasteiger partial charge is 0.124 e. The van der Waals surface area contributed by atoms with Crippen molar-refractivity contribution in [1.29, 1.82) is 0 Å². The highest BCUT2D eigenvalue weighted by molar-refractivity contribution is 5.68. The maximum absolute atomic E-state index is 12.5. The Morgan fingerprint density at radius 1 is 0.538 bits per heavy atom. The Labute approximate surface area is 234 Å². The third-order valence-electron chi connectivity index (χ3n) is 8.95. The van der Waals surface area contributed by atoms with E-state index < -0.39 is 5.41 Å². The number of benzene rings is 4. The van der Waals surface area contributed by atoms with Crippen molar-refractivity contribution in [3.8, 4) is 5.75 Å². The molecule has 0 unspecified atom stereocenters. The second kappa shape index (κ2) is 10.0. The number of phenolic OH excluding ortho intramolecular Hbond substituents is 1. The summed E-state index contributed by atoms with van der Waals surface area (Å²) in [5.41, 5.74) is 11.0. The fourth-order valence-corrected chi connectivity index (χ4v) is 6.44. The minimum atomic E-state index is -0.707. The maximum Gasteiger partial charge on any atom is 0.124 e. The molecule has 0 radical (unpaired) electrons. The molecule has 0 atom stereocenters. The molecule has 39 heavy (non-hydrogen) atoms. The summed E-state index contributed by atoms with van der Waals surface area (Å²) in [5, 5.41) is 12.5. The van der Waals surface area contributed by atoms with Crippen molar-refractivity contribution in [1.82, 2.24) is 0 Å².